The molecule has 0 unspecified atom stereocenters. The van der Waals surface area contributed by atoms with Crippen molar-refractivity contribution in [2.24, 2.45) is 0 Å². The molecule has 1 heterocycles. The van der Waals surface area contributed by atoms with Crippen LogP contribution in [-0.2, 0) is 12.7 Å². The number of hydrogen-bond donors (Lipinski definition) is 0. The van der Waals surface area contributed by atoms with E-state index in [-0.39, 0.29) is 10.6 Å². The molecule has 0 radical (unpaired) electrons. The van der Waals surface area contributed by atoms with Gasteiger partial charge in [0.15, 0.2) is 0 Å². The summed E-state index contributed by atoms with van der Waals surface area (Å²) in [4.78, 5) is 4.08. The summed E-state index contributed by atoms with van der Waals surface area (Å²) in [7, 11) is 0. The Labute approximate surface area is 119 Å². The molecule has 0 N–H and O–H groups in total. The molecule has 2 rings (SSSR count). The van der Waals surface area contributed by atoms with Gasteiger partial charge in [0, 0.05) is 29.5 Å². The second kappa shape index (κ2) is 5.71. The summed E-state index contributed by atoms with van der Waals surface area (Å²) in [6.45, 7) is 2.62. The third kappa shape index (κ3) is 3.04. The summed E-state index contributed by atoms with van der Waals surface area (Å²) >= 11 is 5.87. The highest BCUT2D eigenvalue weighted by molar-refractivity contribution is 6.32. The summed E-state index contributed by atoms with van der Waals surface area (Å²) in [5.41, 5.74) is -0.803. The van der Waals surface area contributed by atoms with Crippen LogP contribution in [0.1, 0.15) is 23.9 Å². The van der Waals surface area contributed by atoms with Gasteiger partial charge >= 0.3 is 6.18 Å². The Morgan fingerprint density at radius 3 is 2.70 bits per heavy atom. The zero-order chi connectivity index (χ0) is 14.8. The zero-order valence-corrected chi connectivity index (χ0v) is 11.4. The molecule has 20 heavy (non-hydrogen) atoms. The van der Waals surface area contributed by atoms with Crippen molar-refractivity contribution < 1.29 is 13.2 Å². The van der Waals surface area contributed by atoms with E-state index in [9.17, 15) is 13.2 Å². The predicted octanol–water partition coefficient (Wildman–Crippen LogP) is 4.75. The SMILES string of the molecule is CCn1ccnc1/C=C/c1c(Cl)cccc1C(F)(F)F. The van der Waals surface area contributed by atoms with Gasteiger partial charge in [-0.15, -0.1) is 0 Å². The van der Waals surface area contributed by atoms with Crippen LogP contribution in [-0.4, -0.2) is 9.55 Å². The molecule has 1 aromatic heterocycles. The molecule has 0 fully saturated rings. The van der Waals surface area contributed by atoms with Crippen molar-refractivity contribution in [2.45, 2.75) is 19.6 Å². The molecule has 0 aliphatic carbocycles. The van der Waals surface area contributed by atoms with Gasteiger partial charge in [-0.25, -0.2) is 4.98 Å². The lowest BCUT2D eigenvalue weighted by Crippen LogP contribution is -2.07. The Morgan fingerprint density at radius 1 is 1.30 bits per heavy atom. The van der Waals surface area contributed by atoms with E-state index in [1.807, 2.05) is 11.5 Å². The van der Waals surface area contributed by atoms with Gasteiger partial charge in [0.2, 0.25) is 0 Å². The molecule has 0 spiro atoms. The molecule has 0 amide bonds. The quantitative estimate of drug-likeness (QED) is 0.800. The third-order valence-corrected chi connectivity index (χ3v) is 3.18. The maximum Gasteiger partial charge on any atom is 0.417 e. The average Bonchev–Trinajstić information content (AvgIpc) is 2.83. The molecule has 6 heteroatoms. The van der Waals surface area contributed by atoms with Crippen LogP contribution in [0.4, 0.5) is 13.2 Å². The maximum absolute atomic E-state index is 12.9. The number of nitrogens with zero attached hydrogens (tertiary/aromatic N) is 2. The van der Waals surface area contributed by atoms with Gasteiger partial charge in [-0.2, -0.15) is 13.2 Å². The molecular weight excluding hydrogens is 289 g/mol. The predicted molar refractivity (Wildman–Crippen MR) is 73.3 cm³/mol. The minimum absolute atomic E-state index is 0.0488. The normalized spacial score (nSPS) is 12.2. The first-order valence-electron chi connectivity index (χ1n) is 5.98. The Hall–Kier alpha value is -1.75. The number of halogens is 4. The Balaban J connectivity index is 2.43. The van der Waals surface area contributed by atoms with Crippen molar-refractivity contribution in [3.8, 4) is 0 Å². The second-order valence-electron chi connectivity index (χ2n) is 4.10. The first-order valence-corrected chi connectivity index (χ1v) is 6.36. The minimum Gasteiger partial charge on any atom is -0.332 e. The van der Waals surface area contributed by atoms with Crippen molar-refractivity contribution in [1.29, 1.82) is 0 Å². The number of hydrogen-bond acceptors (Lipinski definition) is 1. The largest absolute Gasteiger partial charge is 0.417 e. The van der Waals surface area contributed by atoms with E-state index in [1.165, 1.54) is 24.3 Å². The topological polar surface area (TPSA) is 17.8 Å². The van der Waals surface area contributed by atoms with E-state index in [0.717, 1.165) is 6.07 Å². The summed E-state index contributed by atoms with van der Waals surface area (Å²) in [5.74, 6) is 0.584. The highest BCUT2D eigenvalue weighted by Gasteiger charge is 2.33. The van der Waals surface area contributed by atoms with Crippen LogP contribution in [0.15, 0.2) is 30.6 Å². The molecule has 2 aromatic rings. The van der Waals surface area contributed by atoms with Gasteiger partial charge in [0.1, 0.15) is 5.82 Å². The minimum atomic E-state index is -4.44. The number of rotatable bonds is 3. The number of benzene rings is 1. The van der Waals surface area contributed by atoms with Crippen molar-refractivity contribution >= 4 is 23.8 Å². The molecule has 2 nitrogen and oxygen atoms in total. The van der Waals surface area contributed by atoms with Gasteiger partial charge in [-0.1, -0.05) is 17.7 Å². The fourth-order valence-corrected chi connectivity index (χ4v) is 2.10. The smallest absolute Gasteiger partial charge is 0.332 e. The Kier molecular flexibility index (Phi) is 4.18. The number of aromatic nitrogens is 2. The summed E-state index contributed by atoms with van der Waals surface area (Å²) < 4.78 is 40.6. The molecule has 0 bridgehead atoms. The third-order valence-electron chi connectivity index (χ3n) is 2.85. The molecular formula is C14H12ClF3N2. The number of alkyl halides is 3. The monoisotopic (exact) mass is 300 g/mol. The molecule has 0 aliphatic heterocycles. The van der Waals surface area contributed by atoms with Crippen molar-refractivity contribution in [3.63, 3.8) is 0 Å². The highest BCUT2D eigenvalue weighted by Crippen LogP contribution is 2.35. The van der Waals surface area contributed by atoms with Crippen LogP contribution in [0.2, 0.25) is 5.02 Å². The van der Waals surface area contributed by atoms with Crippen molar-refractivity contribution in [3.05, 3.63) is 52.6 Å². The fourth-order valence-electron chi connectivity index (χ4n) is 1.86. The van der Waals surface area contributed by atoms with Crippen LogP contribution in [0, 0.1) is 0 Å². The van der Waals surface area contributed by atoms with E-state index in [2.05, 4.69) is 4.98 Å². The first-order chi connectivity index (χ1) is 9.43. The van der Waals surface area contributed by atoms with Gasteiger partial charge in [0.25, 0.3) is 0 Å². The van der Waals surface area contributed by atoms with Crippen LogP contribution in [0.5, 0.6) is 0 Å². The molecule has 0 saturated heterocycles. The Morgan fingerprint density at radius 2 is 2.05 bits per heavy atom. The van der Waals surface area contributed by atoms with Crippen LogP contribution >= 0.6 is 11.6 Å². The van der Waals surface area contributed by atoms with Gasteiger partial charge in [0.05, 0.1) is 5.56 Å². The molecule has 0 aliphatic rings. The van der Waals surface area contributed by atoms with E-state index in [4.69, 9.17) is 11.6 Å². The highest BCUT2D eigenvalue weighted by atomic mass is 35.5. The lowest BCUT2D eigenvalue weighted by atomic mass is 10.1. The summed E-state index contributed by atoms with van der Waals surface area (Å²) in [6.07, 6.45) is 1.79. The van der Waals surface area contributed by atoms with Gasteiger partial charge in [-0.3, -0.25) is 0 Å². The van der Waals surface area contributed by atoms with Crippen LogP contribution in [0.3, 0.4) is 0 Å². The van der Waals surface area contributed by atoms with Crippen molar-refractivity contribution in [1.82, 2.24) is 9.55 Å². The van der Waals surface area contributed by atoms with E-state index in [1.54, 1.807) is 12.4 Å². The van der Waals surface area contributed by atoms with Crippen LogP contribution < -0.4 is 0 Å². The first kappa shape index (κ1) is 14.7. The average molecular weight is 301 g/mol. The standard InChI is InChI=1S/C14H12ClF3N2/c1-2-20-9-8-19-13(20)7-6-10-11(14(16,17)18)4-3-5-12(10)15/h3-9H,2H2,1H3/b7-6+. The summed E-state index contributed by atoms with van der Waals surface area (Å²) in [6, 6.07) is 3.73. The number of aryl methyl sites for hydroxylation is 1. The van der Waals surface area contributed by atoms with E-state index >= 15 is 0 Å². The fraction of sp³-hybridized carbons (Fsp3) is 0.214. The molecule has 1 aromatic carbocycles. The Bertz CT molecular complexity index is 630. The van der Waals surface area contributed by atoms with Gasteiger partial charge in [-0.05, 0) is 31.2 Å². The zero-order valence-electron chi connectivity index (χ0n) is 10.7. The maximum atomic E-state index is 12.9. The van der Waals surface area contributed by atoms with Crippen molar-refractivity contribution in [2.75, 3.05) is 0 Å². The summed E-state index contributed by atoms with van der Waals surface area (Å²) in [5, 5.41) is 0.0608. The lowest BCUT2D eigenvalue weighted by Gasteiger charge is -2.11. The molecule has 0 saturated carbocycles. The van der Waals surface area contributed by atoms with E-state index in [0.29, 0.717) is 12.4 Å². The van der Waals surface area contributed by atoms with Gasteiger partial charge < -0.3 is 4.57 Å². The number of imidazole rings is 1. The van der Waals surface area contributed by atoms with Crippen LogP contribution in [0.25, 0.3) is 12.2 Å². The molecule has 0 atom stereocenters. The lowest BCUT2D eigenvalue weighted by molar-refractivity contribution is -0.137. The molecule has 106 valence electrons. The second-order valence-corrected chi connectivity index (χ2v) is 4.51. The van der Waals surface area contributed by atoms with E-state index < -0.39 is 11.7 Å².